The average molecular weight is 420 g/mol. The molecule has 1 aliphatic carbocycles. The summed E-state index contributed by atoms with van der Waals surface area (Å²) in [6.45, 7) is 1.17. The highest BCUT2D eigenvalue weighted by Crippen LogP contribution is 2.44. The molecule has 4 rings (SSSR count). The van der Waals surface area contributed by atoms with Crippen molar-refractivity contribution in [1.29, 1.82) is 0 Å². The highest BCUT2D eigenvalue weighted by molar-refractivity contribution is 6.08. The predicted molar refractivity (Wildman–Crippen MR) is 103 cm³/mol. The van der Waals surface area contributed by atoms with Gasteiger partial charge in [0.1, 0.15) is 35.9 Å². The number of carbonyl (C=O) groups excluding carboxylic acids is 1. The van der Waals surface area contributed by atoms with Crippen LogP contribution in [0.5, 0.6) is 11.5 Å². The summed E-state index contributed by atoms with van der Waals surface area (Å²) in [7, 11) is 0. The van der Waals surface area contributed by atoms with E-state index in [4.69, 9.17) is 9.47 Å². The Balaban J connectivity index is 1.81. The minimum Gasteiger partial charge on any atom is -0.506 e. The SMILES string of the molecule is Cc1cc(O[C@@H]2O[C@H](CO)[C@@H](O)[C@H](O)[C@H]2O)c2c(O)c3c(cc2c1)[C@H](O)CCC3=O. The van der Waals surface area contributed by atoms with Gasteiger partial charge in [-0.1, -0.05) is 6.07 Å². The first-order chi connectivity index (χ1) is 14.2. The number of ketones is 1. The van der Waals surface area contributed by atoms with Crippen LogP contribution < -0.4 is 4.74 Å². The van der Waals surface area contributed by atoms with Crippen molar-refractivity contribution in [3.05, 3.63) is 34.9 Å². The molecular weight excluding hydrogens is 396 g/mol. The number of phenols is 1. The van der Waals surface area contributed by atoms with Crippen LogP contribution in [0.25, 0.3) is 10.8 Å². The van der Waals surface area contributed by atoms with E-state index in [0.29, 0.717) is 10.9 Å². The third-order valence-electron chi connectivity index (χ3n) is 5.72. The fraction of sp³-hybridized carbons (Fsp3) is 0.476. The van der Waals surface area contributed by atoms with E-state index in [2.05, 4.69) is 0 Å². The van der Waals surface area contributed by atoms with Crippen molar-refractivity contribution >= 4 is 16.6 Å². The van der Waals surface area contributed by atoms with Crippen LogP contribution >= 0.6 is 0 Å². The van der Waals surface area contributed by atoms with Crippen LogP contribution in [0.1, 0.15) is 40.4 Å². The van der Waals surface area contributed by atoms with Crippen LogP contribution in [-0.2, 0) is 4.74 Å². The quantitative estimate of drug-likeness (QED) is 0.403. The van der Waals surface area contributed by atoms with Gasteiger partial charge in [0.05, 0.1) is 23.7 Å². The van der Waals surface area contributed by atoms with E-state index in [1.54, 1.807) is 25.1 Å². The number of rotatable bonds is 3. The molecule has 0 unspecified atom stereocenters. The molecule has 162 valence electrons. The summed E-state index contributed by atoms with van der Waals surface area (Å²) in [6.07, 6.45) is -7.86. The molecule has 2 aromatic carbocycles. The lowest BCUT2D eigenvalue weighted by Crippen LogP contribution is -2.60. The number of aryl methyl sites for hydroxylation is 1. The maximum atomic E-state index is 12.4. The van der Waals surface area contributed by atoms with Crippen LogP contribution in [0.15, 0.2) is 18.2 Å². The van der Waals surface area contributed by atoms with Crippen LogP contribution in [0, 0.1) is 6.92 Å². The molecular formula is C21H24O9. The summed E-state index contributed by atoms with van der Waals surface area (Å²) in [5.74, 6) is -0.553. The molecule has 9 nitrogen and oxygen atoms in total. The van der Waals surface area contributed by atoms with E-state index in [-0.39, 0.29) is 41.1 Å². The highest BCUT2D eigenvalue weighted by atomic mass is 16.7. The van der Waals surface area contributed by atoms with Crippen molar-refractivity contribution in [1.82, 2.24) is 0 Å². The van der Waals surface area contributed by atoms with Crippen LogP contribution in [0.3, 0.4) is 0 Å². The van der Waals surface area contributed by atoms with Crippen molar-refractivity contribution in [2.45, 2.75) is 56.6 Å². The first-order valence-electron chi connectivity index (χ1n) is 9.71. The summed E-state index contributed by atoms with van der Waals surface area (Å²) in [5, 5.41) is 61.5. The molecule has 30 heavy (non-hydrogen) atoms. The molecule has 1 saturated heterocycles. The Kier molecular flexibility index (Phi) is 5.43. The molecule has 9 heteroatoms. The van der Waals surface area contributed by atoms with E-state index in [0.717, 1.165) is 5.56 Å². The van der Waals surface area contributed by atoms with Crippen molar-refractivity contribution in [2.75, 3.05) is 6.61 Å². The van der Waals surface area contributed by atoms with Crippen molar-refractivity contribution in [3.63, 3.8) is 0 Å². The Morgan fingerprint density at radius 1 is 1.10 bits per heavy atom. The Labute approximate surface area is 171 Å². The number of aliphatic hydroxyl groups excluding tert-OH is 5. The number of carbonyl (C=O) groups is 1. The second-order valence-corrected chi connectivity index (χ2v) is 7.84. The van der Waals surface area contributed by atoms with Gasteiger partial charge in [-0.05, 0) is 42.0 Å². The molecule has 6 atom stereocenters. The normalized spacial score (nSPS) is 31.6. The Morgan fingerprint density at radius 3 is 2.53 bits per heavy atom. The molecule has 2 aliphatic rings. The lowest BCUT2D eigenvalue weighted by Gasteiger charge is -2.39. The zero-order valence-electron chi connectivity index (χ0n) is 16.2. The van der Waals surface area contributed by atoms with Crippen LogP contribution in [0.2, 0.25) is 0 Å². The second kappa shape index (κ2) is 7.77. The third kappa shape index (κ3) is 3.33. The molecule has 0 bridgehead atoms. The van der Waals surface area contributed by atoms with Gasteiger partial charge in [0, 0.05) is 6.42 Å². The van der Waals surface area contributed by atoms with Gasteiger partial charge in [-0.3, -0.25) is 4.79 Å². The van der Waals surface area contributed by atoms with Crippen LogP contribution in [-0.4, -0.2) is 73.7 Å². The number of hydrogen-bond acceptors (Lipinski definition) is 9. The van der Waals surface area contributed by atoms with Crippen molar-refractivity contribution < 1.29 is 44.9 Å². The first-order valence-corrected chi connectivity index (χ1v) is 9.71. The predicted octanol–water partition coefficient (Wildman–Crippen LogP) is 0.0424. The smallest absolute Gasteiger partial charge is 0.229 e. The van der Waals surface area contributed by atoms with E-state index in [9.17, 15) is 35.4 Å². The number of fused-ring (bicyclic) bond motifs is 2. The maximum absolute atomic E-state index is 12.4. The van der Waals surface area contributed by atoms with Gasteiger partial charge in [-0.15, -0.1) is 0 Å². The van der Waals surface area contributed by atoms with Crippen molar-refractivity contribution in [2.24, 2.45) is 0 Å². The standard InChI is InChI=1S/C21H24O9/c1-8-4-9-6-10-11(23)2-3-12(24)16(10)18(26)15(9)13(5-8)29-21-20(28)19(27)17(25)14(7-22)30-21/h4-6,11,14,17,19-23,25-28H,2-3,7H2,1H3/t11-,14-,17-,19+,20-,21-/m1/s1. The van der Waals surface area contributed by atoms with E-state index >= 15 is 0 Å². The Hall–Kier alpha value is -2.27. The first kappa shape index (κ1) is 21.0. The molecule has 0 amide bonds. The fourth-order valence-electron chi connectivity index (χ4n) is 4.14. The van der Waals surface area contributed by atoms with Gasteiger partial charge in [0.15, 0.2) is 5.78 Å². The van der Waals surface area contributed by atoms with Gasteiger partial charge in [-0.25, -0.2) is 0 Å². The van der Waals surface area contributed by atoms with E-state index < -0.39 is 43.4 Å². The van der Waals surface area contributed by atoms with Gasteiger partial charge >= 0.3 is 0 Å². The van der Waals surface area contributed by atoms with Crippen molar-refractivity contribution in [3.8, 4) is 11.5 Å². The third-order valence-corrected chi connectivity index (χ3v) is 5.72. The molecule has 1 heterocycles. The second-order valence-electron chi connectivity index (χ2n) is 7.84. The monoisotopic (exact) mass is 420 g/mol. The van der Waals surface area contributed by atoms with E-state index in [1.807, 2.05) is 0 Å². The topological polar surface area (TPSA) is 157 Å². The average Bonchev–Trinajstić information content (AvgIpc) is 2.70. The maximum Gasteiger partial charge on any atom is 0.229 e. The summed E-state index contributed by atoms with van der Waals surface area (Å²) in [5.41, 5.74) is 1.11. The lowest BCUT2D eigenvalue weighted by atomic mass is 9.85. The molecule has 0 radical (unpaired) electrons. The number of hydrogen-bond donors (Lipinski definition) is 6. The van der Waals surface area contributed by atoms with Gasteiger partial charge in [0.25, 0.3) is 0 Å². The summed E-state index contributed by atoms with van der Waals surface area (Å²) < 4.78 is 11.2. The summed E-state index contributed by atoms with van der Waals surface area (Å²) >= 11 is 0. The Morgan fingerprint density at radius 2 is 1.83 bits per heavy atom. The minimum atomic E-state index is -1.62. The van der Waals surface area contributed by atoms with Gasteiger partial charge < -0.3 is 40.1 Å². The lowest BCUT2D eigenvalue weighted by molar-refractivity contribution is -0.277. The number of ether oxygens (including phenoxy) is 2. The number of aliphatic hydroxyl groups is 5. The van der Waals surface area contributed by atoms with Gasteiger partial charge in [0.2, 0.25) is 6.29 Å². The zero-order valence-corrected chi connectivity index (χ0v) is 16.2. The number of aromatic hydroxyl groups is 1. The highest BCUT2D eigenvalue weighted by Gasteiger charge is 2.45. The molecule has 0 spiro atoms. The largest absolute Gasteiger partial charge is 0.506 e. The molecule has 2 aromatic rings. The van der Waals surface area contributed by atoms with Crippen LogP contribution in [0.4, 0.5) is 0 Å². The molecule has 1 aliphatic heterocycles. The summed E-state index contributed by atoms with van der Waals surface area (Å²) in [6, 6.07) is 4.94. The molecule has 1 fully saturated rings. The number of phenolic OH excluding ortho intramolecular Hbond substituents is 1. The Bertz CT molecular complexity index is 986. The molecule has 6 N–H and O–H groups in total. The summed E-state index contributed by atoms with van der Waals surface area (Å²) in [4.78, 5) is 12.4. The zero-order chi connectivity index (χ0) is 21.7. The van der Waals surface area contributed by atoms with Gasteiger partial charge in [-0.2, -0.15) is 0 Å². The molecule has 0 aromatic heterocycles. The fourth-order valence-corrected chi connectivity index (χ4v) is 4.14. The van der Waals surface area contributed by atoms with E-state index in [1.165, 1.54) is 0 Å². The molecule has 0 saturated carbocycles. The number of Topliss-reactive ketones (excluding diaryl/α,β-unsaturated/α-hetero) is 1. The number of benzene rings is 2. The minimum absolute atomic E-state index is 0.0313.